The molecule has 3 aromatic carbocycles. The van der Waals surface area contributed by atoms with Crippen LogP contribution in [0.15, 0.2) is 83.7 Å². The highest BCUT2D eigenvalue weighted by atomic mass is 35.5. The molecular formula is C24H20ClN3O3. The molecule has 0 aliphatic carbocycles. The molecule has 4 aromatic rings. The summed E-state index contributed by atoms with van der Waals surface area (Å²) in [5.41, 5.74) is 0.527. The number of halogens is 1. The number of aromatic nitrogens is 2. The summed E-state index contributed by atoms with van der Waals surface area (Å²) < 4.78 is 6.96. The summed E-state index contributed by atoms with van der Waals surface area (Å²) in [6, 6.07) is 23.2. The van der Waals surface area contributed by atoms with Gasteiger partial charge in [0.15, 0.2) is 5.69 Å². The molecule has 0 bridgehead atoms. The number of carbonyl (C=O) groups excluding carboxylic acids is 1. The average molecular weight is 434 g/mol. The molecule has 0 aliphatic rings. The second kappa shape index (κ2) is 9.02. The van der Waals surface area contributed by atoms with Crippen molar-refractivity contribution in [3.63, 3.8) is 0 Å². The van der Waals surface area contributed by atoms with Crippen molar-refractivity contribution in [1.82, 2.24) is 14.7 Å². The van der Waals surface area contributed by atoms with Crippen LogP contribution in [0.4, 0.5) is 0 Å². The van der Waals surface area contributed by atoms with Gasteiger partial charge in [0.05, 0.1) is 22.6 Å². The minimum Gasteiger partial charge on any atom is -0.490 e. The Morgan fingerprint density at radius 2 is 1.61 bits per heavy atom. The molecule has 0 atom stereocenters. The fourth-order valence-corrected chi connectivity index (χ4v) is 3.42. The summed E-state index contributed by atoms with van der Waals surface area (Å²) in [6.07, 6.45) is 0. The summed E-state index contributed by atoms with van der Waals surface area (Å²) in [6.45, 7) is 0.590. The first-order chi connectivity index (χ1) is 15.1. The highest BCUT2D eigenvalue weighted by Crippen LogP contribution is 2.23. The Balaban J connectivity index is 1.63. The molecule has 6 nitrogen and oxygen atoms in total. The Labute approximate surface area is 184 Å². The van der Waals surface area contributed by atoms with Gasteiger partial charge in [-0.05, 0) is 30.3 Å². The molecule has 7 heteroatoms. The van der Waals surface area contributed by atoms with E-state index in [1.807, 2.05) is 30.3 Å². The number of hydrogen-bond donors (Lipinski definition) is 0. The molecule has 0 saturated heterocycles. The third-order valence-electron chi connectivity index (χ3n) is 4.88. The zero-order chi connectivity index (χ0) is 21.8. The van der Waals surface area contributed by atoms with Crippen molar-refractivity contribution in [2.75, 3.05) is 20.2 Å². The predicted molar refractivity (Wildman–Crippen MR) is 121 cm³/mol. The van der Waals surface area contributed by atoms with Gasteiger partial charge in [-0.2, -0.15) is 9.78 Å². The fraction of sp³-hybridized carbons (Fsp3) is 0.125. The largest absolute Gasteiger partial charge is 0.490 e. The number of benzene rings is 3. The molecular weight excluding hydrogens is 414 g/mol. The number of para-hydroxylation sites is 2. The Hall–Kier alpha value is -3.64. The molecule has 1 amide bonds. The Bertz CT molecular complexity index is 1290. The quantitative estimate of drug-likeness (QED) is 0.457. The summed E-state index contributed by atoms with van der Waals surface area (Å²) in [7, 11) is 1.67. The van der Waals surface area contributed by atoms with Gasteiger partial charge in [0, 0.05) is 12.4 Å². The van der Waals surface area contributed by atoms with Crippen LogP contribution in [0, 0.1) is 0 Å². The Morgan fingerprint density at radius 1 is 0.968 bits per heavy atom. The molecule has 31 heavy (non-hydrogen) atoms. The highest BCUT2D eigenvalue weighted by molar-refractivity contribution is 6.32. The van der Waals surface area contributed by atoms with Gasteiger partial charge in [0.25, 0.3) is 11.5 Å². The molecule has 0 radical (unpaired) electrons. The number of nitrogens with zero attached hydrogens (tertiary/aromatic N) is 3. The third kappa shape index (κ3) is 4.29. The van der Waals surface area contributed by atoms with Crippen LogP contribution in [-0.4, -0.2) is 40.8 Å². The number of amides is 1. The topological polar surface area (TPSA) is 64.4 Å². The van der Waals surface area contributed by atoms with E-state index in [-0.39, 0.29) is 23.8 Å². The van der Waals surface area contributed by atoms with Crippen molar-refractivity contribution >= 4 is 28.3 Å². The van der Waals surface area contributed by atoms with Crippen molar-refractivity contribution in [3.8, 4) is 11.4 Å². The van der Waals surface area contributed by atoms with E-state index in [2.05, 4.69) is 5.10 Å². The second-order valence-electron chi connectivity index (χ2n) is 6.95. The zero-order valence-corrected chi connectivity index (χ0v) is 17.6. The Kier molecular flexibility index (Phi) is 6.00. The molecule has 1 heterocycles. The molecule has 0 N–H and O–H groups in total. The van der Waals surface area contributed by atoms with Gasteiger partial charge in [-0.3, -0.25) is 9.59 Å². The molecule has 1 aromatic heterocycles. The van der Waals surface area contributed by atoms with Gasteiger partial charge in [-0.15, -0.1) is 0 Å². The van der Waals surface area contributed by atoms with E-state index in [0.29, 0.717) is 33.8 Å². The van der Waals surface area contributed by atoms with Crippen molar-refractivity contribution in [1.29, 1.82) is 0 Å². The second-order valence-corrected chi connectivity index (χ2v) is 7.36. The third-order valence-corrected chi connectivity index (χ3v) is 5.19. The SMILES string of the molecule is CN(CCOc1ccccc1Cl)C(=O)c1nn(-c2ccccc2)c(=O)c2ccccc12. The zero-order valence-electron chi connectivity index (χ0n) is 16.9. The van der Waals surface area contributed by atoms with Crippen LogP contribution in [0.25, 0.3) is 16.5 Å². The normalized spacial score (nSPS) is 10.8. The van der Waals surface area contributed by atoms with E-state index in [0.717, 1.165) is 0 Å². The van der Waals surface area contributed by atoms with Crippen LogP contribution < -0.4 is 10.3 Å². The van der Waals surface area contributed by atoms with Gasteiger partial charge < -0.3 is 9.64 Å². The van der Waals surface area contributed by atoms with Crippen molar-refractivity contribution in [2.45, 2.75) is 0 Å². The van der Waals surface area contributed by atoms with Crippen molar-refractivity contribution in [2.24, 2.45) is 0 Å². The first-order valence-electron chi connectivity index (χ1n) is 9.76. The van der Waals surface area contributed by atoms with Gasteiger partial charge in [-0.1, -0.05) is 60.1 Å². The van der Waals surface area contributed by atoms with Crippen LogP contribution in [0.1, 0.15) is 10.5 Å². The number of hydrogen-bond acceptors (Lipinski definition) is 4. The predicted octanol–water partition coefficient (Wildman–Crippen LogP) is 4.19. The average Bonchev–Trinajstić information content (AvgIpc) is 2.81. The van der Waals surface area contributed by atoms with Crippen molar-refractivity contribution in [3.05, 3.63) is 99.9 Å². The van der Waals surface area contributed by atoms with E-state index in [1.54, 1.807) is 55.6 Å². The molecule has 0 aliphatic heterocycles. The number of rotatable bonds is 6. The maximum atomic E-state index is 13.2. The van der Waals surface area contributed by atoms with Gasteiger partial charge in [-0.25, -0.2) is 0 Å². The van der Waals surface area contributed by atoms with Crippen LogP contribution in [0.5, 0.6) is 5.75 Å². The lowest BCUT2D eigenvalue weighted by Gasteiger charge is -2.19. The van der Waals surface area contributed by atoms with Crippen LogP contribution in [0.3, 0.4) is 0 Å². The molecule has 0 fully saturated rings. The van der Waals surface area contributed by atoms with Gasteiger partial charge >= 0.3 is 0 Å². The van der Waals surface area contributed by atoms with Gasteiger partial charge in [0.1, 0.15) is 12.4 Å². The first-order valence-corrected chi connectivity index (χ1v) is 10.1. The Morgan fingerprint density at radius 3 is 2.35 bits per heavy atom. The minimum absolute atomic E-state index is 0.208. The monoisotopic (exact) mass is 433 g/mol. The molecule has 0 unspecified atom stereocenters. The van der Waals surface area contributed by atoms with E-state index in [9.17, 15) is 9.59 Å². The van der Waals surface area contributed by atoms with E-state index in [4.69, 9.17) is 16.3 Å². The summed E-state index contributed by atoms with van der Waals surface area (Å²) in [5.74, 6) is 0.259. The lowest BCUT2D eigenvalue weighted by molar-refractivity contribution is 0.0768. The number of fused-ring (bicyclic) bond motifs is 1. The standard InChI is InChI=1S/C24H20ClN3O3/c1-27(15-16-31-21-14-8-7-13-20(21)25)24(30)22-18-11-5-6-12-19(18)23(29)28(26-22)17-9-3-2-4-10-17/h2-14H,15-16H2,1H3. The number of carbonyl (C=O) groups is 1. The summed E-state index contributed by atoms with van der Waals surface area (Å²) in [5, 5.41) is 5.89. The first kappa shape index (κ1) is 20.6. The summed E-state index contributed by atoms with van der Waals surface area (Å²) >= 11 is 6.11. The van der Waals surface area contributed by atoms with E-state index < -0.39 is 0 Å². The molecule has 4 rings (SSSR count). The van der Waals surface area contributed by atoms with E-state index in [1.165, 1.54) is 9.58 Å². The van der Waals surface area contributed by atoms with Crippen LogP contribution in [-0.2, 0) is 0 Å². The fourth-order valence-electron chi connectivity index (χ4n) is 3.23. The summed E-state index contributed by atoms with van der Waals surface area (Å²) in [4.78, 5) is 27.7. The lowest BCUT2D eigenvalue weighted by Crippen LogP contribution is -2.34. The van der Waals surface area contributed by atoms with Gasteiger partial charge in [0.2, 0.25) is 0 Å². The minimum atomic E-state index is -0.302. The lowest BCUT2D eigenvalue weighted by atomic mass is 10.1. The number of ether oxygens (including phenoxy) is 1. The van der Waals surface area contributed by atoms with Crippen LogP contribution in [0.2, 0.25) is 5.02 Å². The molecule has 0 saturated carbocycles. The highest BCUT2D eigenvalue weighted by Gasteiger charge is 2.20. The molecule has 156 valence electrons. The van der Waals surface area contributed by atoms with Crippen LogP contribution >= 0.6 is 11.6 Å². The maximum absolute atomic E-state index is 13.2. The molecule has 0 spiro atoms. The maximum Gasteiger partial charge on any atom is 0.279 e. The van der Waals surface area contributed by atoms with E-state index >= 15 is 0 Å². The smallest absolute Gasteiger partial charge is 0.279 e. The number of likely N-dealkylation sites (N-methyl/N-ethyl adjacent to an activating group) is 1. The van der Waals surface area contributed by atoms with Crippen molar-refractivity contribution < 1.29 is 9.53 Å².